The molecule has 2 aromatic heterocycles. The van der Waals surface area contributed by atoms with E-state index in [0.29, 0.717) is 62.0 Å². The van der Waals surface area contributed by atoms with E-state index in [-0.39, 0.29) is 23.4 Å². The molecule has 0 saturated carbocycles. The number of aliphatic hydroxyl groups is 1. The van der Waals surface area contributed by atoms with Crippen LogP contribution in [0.2, 0.25) is 0 Å². The van der Waals surface area contributed by atoms with Gasteiger partial charge < -0.3 is 25.0 Å². The van der Waals surface area contributed by atoms with Crippen molar-refractivity contribution in [3.63, 3.8) is 0 Å². The zero-order valence-corrected chi connectivity index (χ0v) is 20.8. The summed E-state index contributed by atoms with van der Waals surface area (Å²) in [5.74, 6) is -2.66. The number of ether oxygens (including phenoxy) is 1. The Labute approximate surface area is 213 Å². The molecule has 9 nitrogen and oxygen atoms in total. The van der Waals surface area contributed by atoms with E-state index in [0.717, 1.165) is 11.1 Å². The van der Waals surface area contributed by atoms with E-state index >= 15 is 0 Å². The van der Waals surface area contributed by atoms with Crippen LogP contribution in [0.4, 0.5) is 20.3 Å². The van der Waals surface area contributed by atoms with Crippen LogP contribution in [-0.2, 0) is 15.5 Å². The Balaban J connectivity index is 1.36. The molecule has 0 bridgehead atoms. The topological polar surface area (TPSA) is 104 Å². The summed E-state index contributed by atoms with van der Waals surface area (Å²) >= 11 is 0. The number of alkyl halides is 2. The molecule has 2 aliphatic rings. The first-order chi connectivity index (χ1) is 17.8. The van der Waals surface area contributed by atoms with E-state index in [9.17, 15) is 13.6 Å². The van der Waals surface area contributed by atoms with Gasteiger partial charge in [-0.25, -0.2) is 0 Å². The normalized spacial score (nSPS) is 17.5. The average molecular weight is 513 g/mol. The Bertz CT molecular complexity index is 1290. The highest BCUT2D eigenvalue weighted by Gasteiger charge is 2.33. The van der Waals surface area contributed by atoms with Crippen LogP contribution in [0.1, 0.15) is 29.8 Å². The van der Waals surface area contributed by atoms with Gasteiger partial charge in [-0.05, 0) is 31.5 Å². The van der Waals surface area contributed by atoms with Crippen molar-refractivity contribution in [2.75, 3.05) is 56.2 Å². The van der Waals surface area contributed by atoms with Crippen LogP contribution in [0.5, 0.6) is 0 Å². The minimum absolute atomic E-state index is 0.0124. The molecule has 2 saturated heterocycles. The van der Waals surface area contributed by atoms with Crippen LogP contribution in [-0.4, -0.2) is 77.1 Å². The number of carbonyl (C=O) groups excluding carboxylic acids is 1. The Morgan fingerprint density at radius 2 is 1.97 bits per heavy atom. The molecule has 37 heavy (non-hydrogen) atoms. The van der Waals surface area contributed by atoms with Gasteiger partial charge >= 0.3 is 0 Å². The van der Waals surface area contributed by atoms with Gasteiger partial charge in [-0.3, -0.25) is 9.78 Å². The van der Waals surface area contributed by atoms with Gasteiger partial charge in [-0.1, -0.05) is 18.2 Å². The number of aryl methyl sites for hydroxylation is 1. The van der Waals surface area contributed by atoms with Gasteiger partial charge in [0, 0.05) is 37.1 Å². The molecule has 2 fully saturated rings. The number of hydrogen-bond acceptors (Lipinski definition) is 8. The molecule has 3 aromatic rings. The molecule has 0 aliphatic carbocycles. The number of benzene rings is 1. The number of fused-ring (bicyclic) bond motifs is 1. The smallest absolute Gasteiger partial charge is 0.295 e. The largest absolute Gasteiger partial charge is 0.390 e. The Hall–Kier alpha value is -3.44. The number of aromatic nitrogens is 3. The third-order valence-corrected chi connectivity index (χ3v) is 7.08. The molecule has 2 aliphatic heterocycles. The first kappa shape index (κ1) is 25.2. The lowest BCUT2D eigenvalue weighted by Gasteiger charge is -2.39. The number of anilines is 2. The van der Waals surface area contributed by atoms with Crippen molar-refractivity contribution in [2.24, 2.45) is 5.92 Å². The number of aliphatic hydroxyl groups excluding tert-OH is 1. The minimum atomic E-state index is -3.31. The molecule has 5 rings (SSSR count). The van der Waals surface area contributed by atoms with E-state index in [1.165, 1.54) is 12.1 Å². The monoisotopic (exact) mass is 512 g/mol. The second-order valence-electron chi connectivity index (χ2n) is 9.62. The van der Waals surface area contributed by atoms with Crippen molar-refractivity contribution < 1.29 is 23.4 Å². The van der Waals surface area contributed by atoms with E-state index < -0.39 is 12.5 Å². The predicted octanol–water partition coefficient (Wildman–Crippen LogP) is 2.89. The molecule has 1 amide bonds. The molecule has 0 unspecified atom stereocenters. The fraction of sp³-hybridized carbons (Fsp3) is 0.462. The summed E-state index contributed by atoms with van der Waals surface area (Å²) in [6.45, 7) is 6.11. The van der Waals surface area contributed by atoms with Gasteiger partial charge in [0.1, 0.15) is 6.61 Å². The number of nitrogens with zero attached hydrogens (tertiary/aromatic N) is 5. The average Bonchev–Trinajstić information content (AvgIpc) is 2.89. The summed E-state index contributed by atoms with van der Waals surface area (Å²) in [7, 11) is 0. The first-order valence-electron chi connectivity index (χ1n) is 12.4. The van der Waals surface area contributed by atoms with Crippen molar-refractivity contribution in [1.29, 1.82) is 0 Å². The van der Waals surface area contributed by atoms with E-state index in [4.69, 9.17) is 9.84 Å². The van der Waals surface area contributed by atoms with E-state index in [2.05, 4.69) is 25.4 Å². The second-order valence-corrected chi connectivity index (χ2v) is 9.62. The number of rotatable bonds is 7. The van der Waals surface area contributed by atoms with Crippen LogP contribution in [0.3, 0.4) is 0 Å². The molecule has 0 radical (unpaired) electrons. The zero-order valence-electron chi connectivity index (χ0n) is 20.8. The summed E-state index contributed by atoms with van der Waals surface area (Å²) in [6.07, 6.45) is 1.81. The van der Waals surface area contributed by atoms with Gasteiger partial charge in [-0.15, -0.1) is 5.10 Å². The molecular formula is C26H30F2N6O3. The lowest BCUT2D eigenvalue weighted by atomic mass is 10.0. The SMILES string of the molecule is Cc1nnc(N[C@H](C)c2cccc(C(F)(F)CO)c2)c2cc(N3CCN(C(=O)C4COC4)CC3)cnc12. The zero-order chi connectivity index (χ0) is 26.2. The van der Waals surface area contributed by atoms with Crippen molar-refractivity contribution in [2.45, 2.75) is 25.8 Å². The van der Waals surface area contributed by atoms with Crippen molar-refractivity contribution in [1.82, 2.24) is 20.1 Å². The van der Waals surface area contributed by atoms with Crippen LogP contribution in [0, 0.1) is 12.8 Å². The molecule has 2 N–H and O–H groups in total. The third-order valence-electron chi connectivity index (χ3n) is 7.08. The number of piperazine rings is 1. The van der Waals surface area contributed by atoms with Crippen LogP contribution in [0.25, 0.3) is 10.9 Å². The highest BCUT2D eigenvalue weighted by atomic mass is 19.3. The third kappa shape index (κ3) is 5.05. The van der Waals surface area contributed by atoms with Gasteiger partial charge in [-0.2, -0.15) is 13.9 Å². The molecular weight excluding hydrogens is 482 g/mol. The van der Waals surface area contributed by atoms with E-state index in [1.807, 2.05) is 31.0 Å². The predicted molar refractivity (Wildman–Crippen MR) is 135 cm³/mol. The Kier molecular flexibility index (Phi) is 6.91. The molecule has 1 aromatic carbocycles. The fourth-order valence-corrected chi connectivity index (χ4v) is 4.67. The molecule has 196 valence electrons. The van der Waals surface area contributed by atoms with Crippen LogP contribution >= 0.6 is 0 Å². The number of halogens is 2. The standard InChI is InChI=1S/C26H30F2N6O3/c1-16(18-4-3-5-20(10-18)26(27,28)15-35)30-24-22-11-21(12-29-23(22)17(2)31-32-24)33-6-8-34(9-7-33)25(36)19-13-37-14-19/h3-5,10-12,16,19,35H,6-9,13-15H2,1-2H3,(H,30,32)/t16-/m1/s1. The van der Waals surface area contributed by atoms with Crippen LogP contribution < -0.4 is 10.2 Å². The van der Waals surface area contributed by atoms with Crippen molar-refractivity contribution in [3.8, 4) is 0 Å². The highest BCUT2D eigenvalue weighted by molar-refractivity contribution is 5.92. The number of nitrogens with one attached hydrogen (secondary N) is 1. The van der Waals surface area contributed by atoms with Gasteiger partial charge in [0.05, 0.1) is 48.3 Å². The molecule has 4 heterocycles. The van der Waals surface area contributed by atoms with Crippen molar-refractivity contribution in [3.05, 3.63) is 53.3 Å². The van der Waals surface area contributed by atoms with Crippen molar-refractivity contribution >= 4 is 28.3 Å². The lowest BCUT2D eigenvalue weighted by molar-refractivity contribution is -0.150. The number of hydrogen-bond donors (Lipinski definition) is 2. The van der Waals surface area contributed by atoms with Gasteiger partial charge in [0.15, 0.2) is 5.82 Å². The maximum absolute atomic E-state index is 14.0. The number of amides is 1. The number of carbonyl (C=O) groups is 1. The van der Waals surface area contributed by atoms with Gasteiger partial charge in [0.2, 0.25) is 5.91 Å². The maximum Gasteiger partial charge on any atom is 0.295 e. The summed E-state index contributed by atoms with van der Waals surface area (Å²) in [4.78, 5) is 21.3. The first-order valence-corrected chi connectivity index (χ1v) is 12.4. The Morgan fingerprint density at radius 1 is 1.22 bits per heavy atom. The summed E-state index contributed by atoms with van der Waals surface area (Å²) in [5, 5.41) is 21.7. The molecule has 1 atom stereocenters. The quantitative estimate of drug-likeness (QED) is 0.498. The van der Waals surface area contributed by atoms with E-state index in [1.54, 1.807) is 12.1 Å². The second kappa shape index (κ2) is 10.1. The lowest BCUT2D eigenvalue weighted by Crippen LogP contribution is -2.53. The summed E-state index contributed by atoms with van der Waals surface area (Å²) in [5.41, 5.74) is 2.69. The fourth-order valence-electron chi connectivity index (χ4n) is 4.67. The number of pyridine rings is 1. The summed E-state index contributed by atoms with van der Waals surface area (Å²) < 4.78 is 33.2. The highest BCUT2D eigenvalue weighted by Crippen LogP contribution is 2.32. The van der Waals surface area contributed by atoms with Gasteiger partial charge in [0.25, 0.3) is 5.92 Å². The maximum atomic E-state index is 14.0. The minimum Gasteiger partial charge on any atom is -0.390 e. The summed E-state index contributed by atoms with van der Waals surface area (Å²) in [6, 6.07) is 7.64. The van der Waals surface area contributed by atoms with Crippen LogP contribution in [0.15, 0.2) is 36.5 Å². The Morgan fingerprint density at radius 3 is 2.65 bits per heavy atom. The molecule has 11 heteroatoms. The molecule has 0 spiro atoms.